The van der Waals surface area contributed by atoms with E-state index < -0.39 is 34.3 Å². The molecular weight excluding hydrogens is 609 g/mol. The second-order valence-corrected chi connectivity index (χ2v) is 12.4. The number of hydrogen-bond donors (Lipinski definition) is 1. The van der Waals surface area contributed by atoms with E-state index in [0.29, 0.717) is 30.0 Å². The molecule has 0 aliphatic rings. The van der Waals surface area contributed by atoms with Crippen molar-refractivity contribution in [2.75, 3.05) is 31.6 Å². The lowest BCUT2D eigenvalue weighted by Crippen LogP contribution is -2.53. The average molecular weight is 648 g/mol. The Morgan fingerprint density at radius 3 is 2.11 bits per heavy atom. The summed E-state index contributed by atoms with van der Waals surface area (Å²) in [4.78, 5) is 29.5. The second kappa shape index (κ2) is 15.9. The maximum absolute atomic E-state index is 14.5. The van der Waals surface area contributed by atoms with E-state index in [4.69, 9.17) is 9.47 Å². The largest absolute Gasteiger partial charge is 0.497 e. The molecule has 0 unspecified atom stereocenters. The first-order chi connectivity index (χ1) is 22.2. The molecule has 0 fully saturated rings. The highest BCUT2D eigenvalue weighted by molar-refractivity contribution is 7.92. The van der Waals surface area contributed by atoms with Crippen LogP contribution in [0.25, 0.3) is 0 Å². The number of benzene rings is 4. The van der Waals surface area contributed by atoms with Crippen LogP contribution >= 0.6 is 0 Å². The van der Waals surface area contributed by atoms with Crippen LogP contribution in [0.15, 0.2) is 108 Å². The van der Waals surface area contributed by atoms with Gasteiger partial charge in [0.2, 0.25) is 11.8 Å². The molecule has 0 aromatic heterocycles. The Morgan fingerprint density at radius 2 is 1.48 bits per heavy atom. The Balaban J connectivity index is 1.80. The molecule has 0 aliphatic heterocycles. The van der Waals surface area contributed by atoms with Crippen molar-refractivity contribution in [1.29, 1.82) is 0 Å². The van der Waals surface area contributed by atoms with Gasteiger partial charge in [-0.3, -0.25) is 13.9 Å². The van der Waals surface area contributed by atoms with Crippen molar-refractivity contribution in [3.8, 4) is 11.5 Å². The zero-order valence-electron chi connectivity index (χ0n) is 26.1. The van der Waals surface area contributed by atoms with Crippen LogP contribution in [0.4, 0.5) is 10.1 Å². The summed E-state index contributed by atoms with van der Waals surface area (Å²) in [7, 11) is -1.34. The second-order valence-electron chi connectivity index (χ2n) is 10.5. The van der Waals surface area contributed by atoms with Gasteiger partial charge in [-0.15, -0.1) is 0 Å². The third-order valence-corrected chi connectivity index (χ3v) is 9.14. The maximum Gasteiger partial charge on any atom is 0.264 e. The summed E-state index contributed by atoms with van der Waals surface area (Å²) in [6.07, 6.45) is 0.875. The van der Waals surface area contributed by atoms with Gasteiger partial charge in [-0.25, -0.2) is 12.8 Å². The Bertz CT molecular complexity index is 1700. The highest BCUT2D eigenvalue weighted by atomic mass is 32.2. The SMILES string of the molecule is CCCNC(=O)[C@@H](Cc1ccccc1)N(Cc1cccc(OC)c1)C(=O)CN(c1ccc(F)cc1)S(=O)(=O)c1ccc(OC)cc1. The van der Waals surface area contributed by atoms with E-state index in [2.05, 4.69) is 5.32 Å². The fourth-order valence-corrected chi connectivity index (χ4v) is 6.31. The van der Waals surface area contributed by atoms with Crippen molar-refractivity contribution in [3.63, 3.8) is 0 Å². The maximum atomic E-state index is 14.5. The predicted octanol–water partition coefficient (Wildman–Crippen LogP) is 5.20. The number of ether oxygens (including phenoxy) is 2. The van der Waals surface area contributed by atoms with Crippen molar-refractivity contribution >= 4 is 27.5 Å². The number of carbonyl (C=O) groups excluding carboxylic acids is 2. The van der Waals surface area contributed by atoms with Crippen molar-refractivity contribution in [1.82, 2.24) is 10.2 Å². The van der Waals surface area contributed by atoms with E-state index in [1.165, 1.54) is 55.5 Å². The Labute approximate surface area is 269 Å². The summed E-state index contributed by atoms with van der Waals surface area (Å²) in [5.41, 5.74) is 1.59. The number of methoxy groups -OCH3 is 2. The first kappa shape index (κ1) is 34.0. The molecule has 4 aromatic carbocycles. The molecule has 4 rings (SSSR count). The molecule has 0 heterocycles. The summed E-state index contributed by atoms with van der Waals surface area (Å²) in [6.45, 7) is 1.67. The van der Waals surface area contributed by atoms with Crippen molar-refractivity contribution in [3.05, 3.63) is 120 Å². The highest BCUT2D eigenvalue weighted by Crippen LogP contribution is 2.27. The number of carbonyl (C=O) groups is 2. The number of anilines is 1. The monoisotopic (exact) mass is 647 g/mol. The first-order valence-electron chi connectivity index (χ1n) is 14.8. The van der Waals surface area contributed by atoms with Crippen LogP contribution in [0.2, 0.25) is 0 Å². The number of hydrogen-bond acceptors (Lipinski definition) is 6. The molecule has 1 atom stereocenters. The fraction of sp³-hybridized carbons (Fsp3) is 0.257. The lowest BCUT2D eigenvalue weighted by atomic mass is 10.0. The zero-order chi connectivity index (χ0) is 33.1. The third kappa shape index (κ3) is 8.63. The van der Waals surface area contributed by atoms with Crippen LogP contribution in [-0.4, -0.2) is 58.5 Å². The number of rotatable bonds is 15. The van der Waals surface area contributed by atoms with Gasteiger partial charge in [0.05, 0.1) is 24.8 Å². The summed E-state index contributed by atoms with van der Waals surface area (Å²) in [5, 5.41) is 2.91. The number of halogens is 1. The van der Waals surface area contributed by atoms with Gasteiger partial charge in [-0.05, 0) is 78.2 Å². The minimum absolute atomic E-state index is 0.00702. The summed E-state index contributed by atoms with van der Waals surface area (Å²) in [6, 6.07) is 26.0. The van der Waals surface area contributed by atoms with Crippen LogP contribution in [0.3, 0.4) is 0 Å². The number of sulfonamides is 1. The molecule has 0 saturated heterocycles. The summed E-state index contributed by atoms with van der Waals surface area (Å²) in [5.74, 6) is -0.540. The van der Waals surface area contributed by atoms with Crippen LogP contribution in [0, 0.1) is 5.82 Å². The van der Waals surface area contributed by atoms with Gasteiger partial charge in [0, 0.05) is 19.5 Å². The summed E-state index contributed by atoms with van der Waals surface area (Å²) >= 11 is 0. The molecule has 0 bridgehead atoms. The molecular formula is C35H38FN3O6S. The quantitative estimate of drug-likeness (QED) is 0.190. The normalized spacial score (nSPS) is 11.7. The Hall–Kier alpha value is -4.90. The standard InChI is InChI=1S/C35H38FN3O6S/c1-4-21-37-35(41)33(23-26-9-6-5-7-10-26)38(24-27-11-8-12-31(22-27)45-3)34(40)25-39(29-15-13-28(36)14-16-29)46(42,43)32-19-17-30(44-2)18-20-32/h5-20,22,33H,4,21,23-25H2,1-3H3,(H,37,41)/t33-/m1/s1. The molecule has 4 aromatic rings. The van der Waals surface area contributed by atoms with Gasteiger partial charge < -0.3 is 19.7 Å². The fourth-order valence-electron chi connectivity index (χ4n) is 4.90. The Morgan fingerprint density at radius 1 is 0.826 bits per heavy atom. The topological polar surface area (TPSA) is 105 Å². The van der Waals surface area contributed by atoms with Crippen LogP contribution in [0.1, 0.15) is 24.5 Å². The molecule has 0 spiro atoms. The summed E-state index contributed by atoms with van der Waals surface area (Å²) < 4.78 is 53.6. The molecule has 0 saturated carbocycles. The highest BCUT2D eigenvalue weighted by Gasteiger charge is 2.34. The van der Waals surface area contributed by atoms with Crippen LogP contribution < -0.4 is 19.1 Å². The van der Waals surface area contributed by atoms with Crippen LogP contribution in [0.5, 0.6) is 11.5 Å². The van der Waals surface area contributed by atoms with Gasteiger partial charge >= 0.3 is 0 Å². The van der Waals surface area contributed by atoms with E-state index in [9.17, 15) is 22.4 Å². The molecule has 2 amide bonds. The lowest BCUT2D eigenvalue weighted by molar-refractivity contribution is -0.140. The van der Waals surface area contributed by atoms with Gasteiger partial charge in [0.15, 0.2) is 0 Å². The minimum Gasteiger partial charge on any atom is -0.497 e. The third-order valence-electron chi connectivity index (χ3n) is 7.35. The average Bonchev–Trinajstić information content (AvgIpc) is 3.08. The predicted molar refractivity (Wildman–Crippen MR) is 175 cm³/mol. The smallest absolute Gasteiger partial charge is 0.264 e. The molecule has 1 N–H and O–H groups in total. The van der Waals surface area contributed by atoms with Gasteiger partial charge in [-0.1, -0.05) is 49.4 Å². The molecule has 0 radical (unpaired) electrons. The number of amides is 2. The lowest BCUT2D eigenvalue weighted by Gasteiger charge is -2.34. The molecule has 11 heteroatoms. The molecule has 9 nitrogen and oxygen atoms in total. The van der Waals surface area contributed by atoms with E-state index in [1.807, 2.05) is 37.3 Å². The zero-order valence-corrected chi connectivity index (χ0v) is 26.9. The van der Waals surface area contributed by atoms with Gasteiger partial charge in [-0.2, -0.15) is 0 Å². The van der Waals surface area contributed by atoms with Gasteiger partial charge in [0.1, 0.15) is 29.9 Å². The van der Waals surface area contributed by atoms with Crippen LogP contribution in [-0.2, 0) is 32.6 Å². The molecule has 242 valence electrons. The van der Waals surface area contributed by atoms with E-state index in [0.717, 1.165) is 22.0 Å². The van der Waals surface area contributed by atoms with Gasteiger partial charge in [0.25, 0.3) is 10.0 Å². The van der Waals surface area contributed by atoms with E-state index >= 15 is 0 Å². The molecule has 46 heavy (non-hydrogen) atoms. The molecule has 0 aliphatic carbocycles. The van der Waals surface area contributed by atoms with Crippen molar-refractivity contribution in [2.45, 2.75) is 37.2 Å². The Kier molecular flexibility index (Phi) is 11.7. The number of nitrogens with zero attached hydrogens (tertiary/aromatic N) is 2. The first-order valence-corrected chi connectivity index (χ1v) is 16.3. The van der Waals surface area contributed by atoms with Crippen molar-refractivity contribution in [2.24, 2.45) is 0 Å². The minimum atomic E-state index is -4.34. The van der Waals surface area contributed by atoms with Crippen molar-refractivity contribution < 1.29 is 31.9 Å². The van der Waals surface area contributed by atoms with E-state index in [1.54, 1.807) is 24.3 Å². The van der Waals surface area contributed by atoms with E-state index in [-0.39, 0.29) is 29.5 Å². The number of nitrogens with one attached hydrogen (secondary N) is 1.